The number of likely N-dealkylation sites (tertiary alicyclic amines) is 1. The highest BCUT2D eigenvalue weighted by atomic mass is 32.2. The van der Waals surface area contributed by atoms with Crippen LogP contribution in [0.2, 0.25) is 0 Å². The summed E-state index contributed by atoms with van der Waals surface area (Å²) in [6.07, 6.45) is 8.20. The predicted octanol–water partition coefficient (Wildman–Crippen LogP) is 2.84. The van der Waals surface area contributed by atoms with Gasteiger partial charge in [0.1, 0.15) is 0 Å². The van der Waals surface area contributed by atoms with E-state index in [1.165, 1.54) is 11.1 Å². The van der Waals surface area contributed by atoms with Gasteiger partial charge in [0.05, 0.1) is 11.6 Å². The van der Waals surface area contributed by atoms with Gasteiger partial charge in [0.25, 0.3) is 0 Å². The van der Waals surface area contributed by atoms with Crippen LogP contribution in [0.3, 0.4) is 0 Å². The average Bonchev–Trinajstić information content (AvgIpc) is 2.68. The van der Waals surface area contributed by atoms with Crippen molar-refractivity contribution >= 4 is 17.2 Å². The highest BCUT2D eigenvalue weighted by Crippen LogP contribution is 2.28. The van der Waals surface area contributed by atoms with Gasteiger partial charge in [0.15, 0.2) is 0 Å². The molecule has 4 rings (SSSR count). The van der Waals surface area contributed by atoms with Crippen LogP contribution in [0.5, 0.6) is 0 Å². The zero-order valence-corrected chi connectivity index (χ0v) is 15.4. The Kier molecular flexibility index (Phi) is 5.15. The first kappa shape index (κ1) is 17.4. The van der Waals surface area contributed by atoms with Gasteiger partial charge in [-0.25, -0.2) is 0 Å². The molecule has 0 radical (unpaired) electrons. The smallest absolute Gasteiger partial charge is 0.0702 e. The molecule has 1 unspecified atom stereocenters. The minimum atomic E-state index is -1.98. The van der Waals surface area contributed by atoms with Crippen molar-refractivity contribution in [2.24, 2.45) is 0 Å². The van der Waals surface area contributed by atoms with Gasteiger partial charge in [0.2, 0.25) is 0 Å². The molecular formula is C20H22N3O2S-. The Balaban J connectivity index is 1.43. The maximum absolute atomic E-state index is 10.9. The first-order valence-electron chi connectivity index (χ1n) is 8.95. The Morgan fingerprint density at radius 3 is 2.77 bits per heavy atom. The SMILES string of the molecule is O=S([O-])CN1CCC(N2C=Cc3cc(-c4ccccn4)ccc3C2)CC1. The number of fused-ring (bicyclic) bond motifs is 1. The number of hydrogen-bond donors (Lipinski definition) is 0. The summed E-state index contributed by atoms with van der Waals surface area (Å²) in [6, 6.07) is 13.0. The molecule has 2 aliphatic rings. The standard InChI is InChI=1S/C20H23N3O2S/c24-26(25)15-22-10-7-19(8-11-22)23-12-6-16-13-17(4-5-18(16)14-23)20-3-1-2-9-21-20/h1-6,9,12-13,19H,7-8,10-11,14-15H2,(H,24,25)/p-1. The van der Waals surface area contributed by atoms with E-state index in [0.29, 0.717) is 6.04 Å². The zero-order chi connectivity index (χ0) is 17.9. The number of piperidine rings is 1. The molecule has 1 aromatic carbocycles. The Morgan fingerprint density at radius 1 is 1.19 bits per heavy atom. The molecule has 0 N–H and O–H groups in total. The van der Waals surface area contributed by atoms with Gasteiger partial charge in [0, 0.05) is 43.6 Å². The van der Waals surface area contributed by atoms with Crippen molar-refractivity contribution < 1.29 is 8.76 Å². The van der Waals surface area contributed by atoms with E-state index >= 15 is 0 Å². The average molecular weight is 368 g/mol. The zero-order valence-electron chi connectivity index (χ0n) is 14.6. The lowest BCUT2D eigenvalue weighted by atomic mass is 9.96. The van der Waals surface area contributed by atoms with Crippen molar-refractivity contribution in [1.29, 1.82) is 0 Å². The van der Waals surface area contributed by atoms with Gasteiger partial charge in [-0.05, 0) is 59.3 Å². The van der Waals surface area contributed by atoms with E-state index in [2.05, 4.69) is 40.4 Å². The molecule has 0 bridgehead atoms. The number of nitrogens with zero attached hydrogens (tertiary/aromatic N) is 3. The molecule has 0 aliphatic carbocycles. The minimum absolute atomic E-state index is 0.154. The lowest BCUT2D eigenvalue weighted by molar-refractivity contribution is 0.149. The third-order valence-corrected chi connectivity index (χ3v) is 5.80. The Morgan fingerprint density at radius 2 is 2.04 bits per heavy atom. The second kappa shape index (κ2) is 7.70. The third-order valence-electron chi connectivity index (χ3n) is 5.22. The molecule has 0 saturated carbocycles. The minimum Gasteiger partial charge on any atom is -0.771 e. The molecule has 0 spiro atoms. The van der Waals surface area contributed by atoms with Crippen molar-refractivity contribution in [2.75, 3.05) is 19.0 Å². The molecule has 0 amide bonds. The van der Waals surface area contributed by atoms with Crippen LogP contribution in [0.25, 0.3) is 17.3 Å². The molecule has 2 aliphatic heterocycles. The molecule has 136 valence electrons. The topological polar surface area (TPSA) is 59.5 Å². The van der Waals surface area contributed by atoms with Crippen molar-refractivity contribution in [3.8, 4) is 11.3 Å². The number of hydrogen-bond acceptors (Lipinski definition) is 5. The summed E-state index contributed by atoms with van der Waals surface area (Å²) in [5, 5.41) is 0. The van der Waals surface area contributed by atoms with E-state index < -0.39 is 11.1 Å². The Labute approximate surface area is 156 Å². The lowest BCUT2D eigenvalue weighted by Gasteiger charge is -2.39. The fourth-order valence-electron chi connectivity index (χ4n) is 3.79. The summed E-state index contributed by atoms with van der Waals surface area (Å²) in [5.41, 5.74) is 4.72. The van der Waals surface area contributed by atoms with Gasteiger partial charge in [-0.1, -0.05) is 18.2 Å². The van der Waals surface area contributed by atoms with Crippen LogP contribution >= 0.6 is 0 Å². The van der Waals surface area contributed by atoms with Crippen molar-refractivity contribution in [2.45, 2.75) is 25.4 Å². The first-order valence-corrected chi connectivity index (χ1v) is 10.2. The molecule has 2 aromatic rings. The van der Waals surface area contributed by atoms with Gasteiger partial charge < -0.3 is 9.45 Å². The van der Waals surface area contributed by atoms with Crippen LogP contribution in [-0.4, -0.2) is 48.6 Å². The highest BCUT2D eigenvalue weighted by molar-refractivity contribution is 7.79. The predicted molar refractivity (Wildman–Crippen MR) is 103 cm³/mol. The van der Waals surface area contributed by atoms with Gasteiger partial charge >= 0.3 is 0 Å². The van der Waals surface area contributed by atoms with Crippen LogP contribution in [0.15, 0.2) is 48.8 Å². The van der Waals surface area contributed by atoms with E-state index in [1.807, 2.05) is 29.3 Å². The fraction of sp³-hybridized carbons (Fsp3) is 0.350. The quantitative estimate of drug-likeness (QED) is 0.777. The number of rotatable bonds is 4. The molecule has 5 nitrogen and oxygen atoms in total. The summed E-state index contributed by atoms with van der Waals surface area (Å²) < 4.78 is 21.7. The summed E-state index contributed by atoms with van der Waals surface area (Å²) in [7, 11) is 0. The van der Waals surface area contributed by atoms with Crippen molar-refractivity contribution in [3.05, 3.63) is 59.9 Å². The number of aromatic nitrogens is 1. The Bertz CT molecular complexity index is 817. The maximum Gasteiger partial charge on any atom is 0.0702 e. The molecule has 1 aromatic heterocycles. The van der Waals surface area contributed by atoms with Crippen LogP contribution in [0.4, 0.5) is 0 Å². The second-order valence-electron chi connectivity index (χ2n) is 6.90. The van der Waals surface area contributed by atoms with E-state index in [4.69, 9.17) is 0 Å². The summed E-state index contributed by atoms with van der Waals surface area (Å²) in [6.45, 7) is 2.59. The fourth-order valence-corrected chi connectivity index (χ4v) is 4.35. The first-order chi connectivity index (χ1) is 12.7. The largest absolute Gasteiger partial charge is 0.771 e. The molecular weight excluding hydrogens is 346 g/mol. The lowest BCUT2D eigenvalue weighted by Crippen LogP contribution is -2.44. The molecule has 3 heterocycles. The normalized spacial score (nSPS) is 19.3. The Hall–Kier alpha value is -2.02. The molecule has 6 heteroatoms. The highest BCUT2D eigenvalue weighted by Gasteiger charge is 2.24. The summed E-state index contributed by atoms with van der Waals surface area (Å²) >= 11 is -1.98. The monoisotopic (exact) mass is 368 g/mol. The maximum atomic E-state index is 10.9. The molecule has 1 atom stereocenters. The molecule has 1 fully saturated rings. The van der Waals surface area contributed by atoms with Gasteiger partial charge in [-0.3, -0.25) is 14.1 Å². The van der Waals surface area contributed by atoms with Crippen molar-refractivity contribution in [3.63, 3.8) is 0 Å². The number of benzene rings is 1. The van der Waals surface area contributed by atoms with Crippen LogP contribution < -0.4 is 0 Å². The van der Waals surface area contributed by atoms with Crippen LogP contribution in [0, 0.1) is 0 Å². The van der Waals surface area contributed by atoms with Gasteiger partial charge in [-0.15, -0.1) is 0 Å². The van der Waals surface area contributed by atoms with Crippen LogP contribution in [0.1, 0.15) is 24.0 Å². The van der Waals surface area contributed by atoms with Crippen LogP contribution in [-0.2, 0) is 17.6 Å². The number of pyridine rings is 1. The van der Waals surface area contributed by atoms with E-state index in [9.17, 15) is 8.76 Å². The van der Waals surface area contributed by atoms with Gasteiger partial charge in [-0.2, -0.15) is 0 Å². The summed E-state index contributed by atoms with van der Waals surface area (Å²) in [4.78, 5) is 8.84. The second-order valence-corrected chi connectivity index (χ2v) is 7.76. The van der Waals surface area contributed by atoms with Crippen molar-refractivity contribution in [1.82, 2.24) is 14.8 Å². The van der Waals surface area contributed by atoms with E-state index in [-0.39, 0.29) is 5.88 Å². The van der Waals surface area contributed by atoms with E-state index in [0.717, 1.165) is 43.7 Å². The molecule has 1 saturated heterocycles. The van der Waals surface area contributed by atoms with E-state index in [1.54, 1.807) is 0 Å². The summed E-state index contributed by atoms with van der Waals surface area (Å²) in [5.74, 6) is 0.154. The third kappa shape index (κ3) is 3.87. The molecule has 26 heavy (non-hydrogen) atoms.